The Hall–Kier alpha value is -0.250. The fourth-order valence-electron chi connectivity index (χ4n) is 1.56. The molecule has 0 aliphatic heterocycles. The molecular formula is C11H22F3N. The van der Waals surface area contributed by atoms with Crippen LogP contribution in [-0.4, -0.2) is 30.7 Å². The molecule has 0 aromatic rings. The van der Waals surface area contributed by atoms with Crippen LogP contribution in [0.5, 0.6) is 0 Å². The molecule has 0 rings (SSSR count). The number of halogens is 3. The third-order valence-corrected chi connectivity index (χ3v) is 2.20. The van der Waals surface area contributed by atoms with Gasteiger partial charge in [0.2, 0.25) is 0 Å². The van der Waals surface area contributed by atoms with Crippen LogP contribution in [0, 0.1) is 5.92 Å². The van der Waals surface area contributed by atoms with Crippen LogP contribution in [0.15, 0.2) is 0 Å². The molecule has 0 saturated heterocycles. The second-order valence-electron chi connectivity index (χ2n) is 4.43. The van der Waals surface area contributed by atoms with E-state index in [1.165, 1.54) is 4.90 Å². The van der Waals surface area contributed by atoms with E-state index in [1.54, 1.807) is 0 Å². The molecule has 1 nitrogen and oxygen atoms in total. The van der Waals surface area contributed by atoms with Crippen LogP contribution in [-0.2, 0) is 0 Å². The Bertz CT molecular complexity index is 154. The van der Waals surface area contributed by atoms with Gasteiger partial charge in [0, 0.05) is 0 Å². The van der Waals surface area contributed by atoms with Crippen molar-refractivity contribution < 1.29 is 13.2 Å². The highest BCUT2D eigenvalue weighted by molar-refractivity contribution is 4.63. The first-order chi connectivity index (χ1) is 6.85. The lowest BCUT2D eigenvalue weighted by Crippen LogP contribution is -2.35. The Balaban J connectivity index is 3.83. The SMILES string of the molecule is CCCN(CCCC(C)C)CC(F)(F)F. The third kappa shape index (κ3) is 10.0. The van der Waals surface area contributed by atoms with Crippen molar-refractivity contribution >= 4 is 0 Å². The largest absolute Gasteiger partial charge is 0.401 e. The fraction of sp³-hybridized carbons (Fsp3) is 1.00. The van der Waals surface area contributed by atoms with E-state index in [4.69, 9.17) is 0 Å². The summed E-state index contributed by atoms with van der Waals surface area (Å²) in [5.74, 6) is 0.569. The van der Waals surface area contributed by atoms with Crippen molar-refractivity contribution in [2.24, 2.45) is 5.92 Å². The van der Waals surface area contributed by atoms with Crippen molar-refractivity contribution in [2.75, 3.05) is 19.6 Å². The summed E-state index contributed by atoms with van der Waals surface area (Å²) >= 11 is 0. The van der Waals surface area contributed by atoms with Gasteiger partial charge in [-0.2, -0.15) is 13.2 Å². The van der Waals surface area contributed by atoms with E-state index in [0.29, 0.717) is 19.0 Å². The topological polar surface area (TPSA) is 3.24 Å². The maximum absolute atomic E-state index is 12.2. The molecule has 0 bridgehead atoms. The lowest BCUT2D eigenvalue weighted by atomic mass is 10.1. The fourth-order valence-corrected chi connectivity index (χ4v) is 1.56. The Morgan fingerprint density at radius 1 is 1.13 bits per heavy atom. The van der Waals surface area contributed by atoms with Gasteiger partial charge >= 0.3 is 6.18 Å². The van der Waals surface area contributed by atoms with Crippen molar-refractivity contribution in [1.29, 1.82) is 0 Å². The Labute approximate surface area is 90.6 Å². The summed E-state index contributed by atoms with van der Waals surface area (Å²) in [4.78, 5) is 1.50. The molecule has 0 spiro atoms. The van der Waals surface area contributed by atoms with E-state index in [2.05, 4.69) is 13.8 Å². The van der Waals surface area contributed by atoms with E-state index in [9.17, 15) is 13.2 Å². The number of hydrogen-bond donors (Lipinski definition) is 0. The van der Waals surface area contributed by atoms with Crippen molar-refractivity contribution in [2.45, 2.75) is 46.2 Å². The Morgan fingerprint density at radius 2 is 1.73 bits per heavy atom. The van der Waals surface area contributed by atoms with Gasteiger partial charge in [0.05, 0.1) is 6.54 Å². The van der Waals surface area contributed by atoms with Crippen molar-refractivity contribution in [3.63, 3.8) is 0 Å². The summed E-state index contributed by atoms with van der Waals surface area (Å²) in [5, 5.41) is 0. The molecule has 15 heavy (non-hydrogen) atoms. The van der Waals surface area contributed by atoms with Gasteiger partial charge in [0.15, 0.2) is 0 Å². The molecule has 0 saturated carbocycles. The summed E-state index contributed by atoms with van der Waals surface area (Å²) in [6, 6.07) is 0. The van der Waals surface area contributed by atoms with Gasteiger partial charge in [-0.05, 0) is 38.3 Å². The van der Waals surface area contributed by atoms with Crippen molar-refractivity contribution in [3.05, 3.63) is 0 Å². The van der Waals surface area contributed by atoms with Gasteiger partial charge < -0.3 is 0 Å². The van der Waals surface area contributed by atoms with Gasteiger partial charge in [-0.1, -0.05) is 20.8 Å². The summed E-state index contributed by atoms with van der Waals surface area (Å²) < 4.78 is 36.5. The molecule has 0 radical (unpaired) electrons. The molecule has 92 valence electrons. The van der Waals surface area contributed by atoms with E-state index in [0.717, 1.165) is 19.3 Å². The highest BCUT2D eigenvalue weighted by atomic mass is 19.4. The quantitative estimate of drug-likeness (QED) is 0.638. The summed E-state index contributed by atoms with van der Waals surface area (Å²) in [6.45, 7) is 6.43. The van der Waals surface area contributed by atoms with Crippen molar-refractivity contribution in [3.8, 4) is 0 Å². The molecule has 0 heterocycles. The lowest BCUT2D eigenvalue weighted by molar-refractivity contribution is -0.146. The van der Waals surface area contributed by atoms with E-state index >= 15 is 0 Å². The zero-order valence-electron chi connectivity index (χ0n) is 9.90. The number of hydrogen-bond acceptors (Lipinski definition) is 1. The molecular weight excluding hydrogens is 203 g/mol. The smallest absolute Gasteiger partial charge is 0.295 e. The minimum absolute atomic E-state index is 0.539. The molecule has 0 unspecified atom stereocenters. The maximum atomic E-state index is 12.2. The molecule has 0 N–H and O–H groups in total. The normalized spacial score (nSPS) is 12.8. The van der Waals surface area contributed by atoms with Crippen LogP contribution in [0.4, 0.5) is 13.2 Å². The predicted octanol–water partition coefficient (Wildman–Crippen LogP) is 3.70. The van der Waals surface area contributed by atoms with E-state index in [-0.39, 0.29) is 0 Å². The standard InChI is InChI=1S/C11H22F3N/c1-4-7-15(9-11(12,13)14)8-5-6-10(2)3/h10H,4-9H2,1-3H3. The zero-order valence-corrected chi connectivity index (χ0v) is 9.90. The third-order valence-electron chi connectivity index (χ3n) is 2.20. The van der Waals surface area contributed by atoms with Gasteiger partial charge in [0.1, 0.15) is 0 Å². The lowest BCUT2D eigenvalue weighted by Gasteiger charge is -2.23. The summed E-state index contributed by atoms with van der Waals surface area (Å²) in [6.07, 6.45) is -1.43. The van der Waals surface area contributed by atoms with Gasteiger partial charge in [-0.15, -0.1) is 0 Å². The molecule has 0 fully saturated rings. The summed E-state index contributed by atoms with van der Waals surface area (Å²) in [7, 11) is 0. The number of nitrogens with zero attached hydrogens (tertiary/aromatic N) is 1. The monoisotopic (exact) mass is 225 g/mol. The average Bonchev–Trinajstić information content (AvgIpc) is 2.00. The first-order valence-electron chi connectivity index (χ1n) is 5.64. The maximum Gasteiger partial charge on any atom is 0.401 e. The van der Waals surface area contributed by atoms with Crippen molar-refractivity contribution in [1.82, 2.24) is 4.90 Å². The Morgan fingerprint density at radius 3 is 2.13 bits per heavy atom. The average molecular weight is 225 g/mol. The Kier molecular flexibility index (Phi) is 6.98. The minimum Gasteiger partial charge on any atom is -0.295 e. The summed E-state index contributed by atoms with van der Waals surface area (Å²) in [5.41, 5.74) is 0. The minimum atomic E-state index is -4.06. The molecule has 4 heteroatoms. The number of rotatable bonds is 7. The molecule has 0 aromatic heterocycles. The highest BCUT2D eigenvalue weighted by Gasteiger charge is 2.29. The van der Waals surface area contributed by atoms with Crippen LogP contribution in [0.1, 0.15) is 40.0 Å². The van der Waals surface area contributed by atoms with Crippen LogP contribution in [0.25, 0.3) is 0 Å². The molecule has 0 amide bonds. The molecule has 0 atom stereocenters. The van der Waals surface area contributed by atoms with Gasteiger partial charge in [-0.25, -0.2) is 0 Å². The zero-order chi connectivity index (χ0) is 11.9. The first-order valence-corrected chi connectivity index (χ1v) is 5.64. The second kappa shape index (κ2) is 7.09. The van der Waals surface area contributed by atoms with Crippen LogP contribution in [0.3, 0.4) is 0 Å². The van der Waals surface area contributed by atoms with Gasteiger partial charge in [-0.3, -0.25) is 4.90 Å². The molecule has 0 aromatic carbocycles. The number of alkyl halides is 3. The van der Waals surface area contributed by atoms with E-state index < -0.39 is 12.7 Å². The second-order valence-corrected chi connectivity index (χ2v) is 4.43. The highest BCUT2D eigenvalue weighted by Crippen LogP contribution is 2.17. The first kappa shape index (κ1) is 14.8. The van der Waals surface area contributed by atoms with Crippen LogP contribution >= 0.6 is 0 Å². The van der Waals surface area contributed by atoms with Gasteiger partial charge in [0.25, 0.3) is 0 Å². The molecule has 0 aliphatic carbocycles. The molecule has 0 aliphatic rings. The van der Waals surface area contributed by atoms with Crippen LogP contribution in [0.2, 0.25) is 0 Å². The van der Waals surface area contributed by atoms with E-state index in [1.807, 2.05) is 6.92 Å². The van der Waals surface area contributed by atoms with Crippen LogP contribution < -0.4 is 0 Å². The predicted molar refractivity (Wildman–Crippen MR) is 56.9 cm³/mol.